The maximum absolute atomic E-state index is 12.9. The lowest BCUT2D eigenvalue weighted by atomic mass is 10.1. The predicted molar refractivity (Wildman–Crippen MR) is 97.0 cm³/mol. The number of nitrogens with zero attached hydrogens (tertiary/aromatic N) is 1. The minimum atomic E-state index is -3.71. The molecule has 0 aliphatic rings. The largest absolute Gasteiger partial charge is 0.427 e. The molecular weight excluding hydrogens is 357 g/mol. The minimum absolute atomic E-state index is 0.0132. The van der Waals surface area contributed by atoms with E-state index in [-0.39, 0.29) is 17.9 Å². The van der Waals surface area contributed by atoms with Gasteiger partial charge < -0.3 is 4.74 Å². The Kier molecular flexibility index (Phi) is 6.50. The van der Waals surface area contributed by atoms with Gasteiger partial charge in [-0.15, -0.1) is 0 Å². The molecule has 7 heteroatoms. The number of esters is 1. The number of sulfonamides is 1. The molecular formula is C19H22FNO4S. The average Bonchev–Trinajstić information content (AvgIpc) is 2.54. The van der Waals surface area contributed by atoms with Gasteiger partial charge in [0.2, 0.25) is 10.0 Å². The molecule has 5 nitrogen and oxygen atoms in total. The molecule has 0 N–H and O–H groups in total. The van der Waals surface area contributed by atoms with E-state index in [4.69, 9.17) is 4.74 Å². The summed E-state index contributed by atoms with van der Waals surface area (Å²) in [5.74, 6) is -0.428. The summed E-state index contributed by atoms with van der Waals surface area (Å²) < 4.78 is 44.1. The summed E-state index contributed by atoms with van der Waals surface area (Å²) in [5, 5.41) is 0. The third-order valence-electron chi connectivity index (χ3n) is 3.80. The van der Waals surface area contributed by atoms with E-state index < -0.39 is 21.8 Å². The molecule has 0 atom stereocenters. The van der Waals surface area contributed by atoms with Crippen molar-refractivity contribution in [2.45, 2.75) is 31.6 Å². The summed E-state index contributed by atoms with van der Waals surface area (Å²) in [6.45, 7) is 3.99. The fourth-order valence-corrected chi connectivity index (χ4v) is 3.74. The van der Waals surface area contributed by atoms with Crippen molar-refractivity contribution in [2.75, 3.05) is 13.6 Å². The minimum Gasteiger partial charge on any atom is -0.427 e. The first-order valence-electron chi connectivity index (χ1n) is 8.19. The Morgan fingerprint density at radius 1 is 1.08 bits per heavy atom. The van der Waals surface area contributed by atoms with Crippen molar-refractivity contribution in [1.82, 2.24) is 4.31 Å². The predicted octanol–water partition coefficient (Wildman–Crippen LogP) is 3.45. The molecule has 26 heavy (non-hydrogen) atoms. The smallest absolute Gasteiger partial charge is 0.311 e. The summed E-state index contributed by atoms with van der Waals surface area (Å²) >= 11 is 0. The van der Waals surface area contributed by atoms with Crippen molar-refractivity contribution in [3.8, 4) is 5.75 Å². The zero-order chi connectivity index (χ0) is 19.3. The van der Waals surface area contributed by atoms with Crippen LogP contribution in [0.5, 0.6) is 5.75 Å². The molecule has 0 fully saturated rings. The third-order valence-corrected chi connectivity index (χ3v) is 5.67. The Morgan fingerprint density at radius 2 is 1.65 bits per heavy atom. The molecule has 0 aromatic heterocycles. The van der Waals surface area contributed by atoms with E-state index in [1.807, 2.05) is 19.9 Å². The van der Waals surface area contributed by atoms with E-state index in [1.54, 1.807) is 12.1 Å². The molecule has 140 valence electrons. The van der Waals surface area contributed by atoms with Gasteiger partial charge >= 0.3 is 5.97 Å². The molecule has 2 aromatic carbocycles. The number of halogens is 1. The van der Waals surface area contributed by atoms with Crippen LogP contribution in [-0.2, 0) is 14.8 Å². The summed E-state index contributed by atoms with van der Waals surface area (Å²) in [6, 6.07) is 10.2. The van der Waals surface area contributed by atoms with Gasteiger partial charge in [-0.1, -0.05) is 6.07 Å². The standard InChI is InChI=1S/C19H22FNO4S/c1-14-11-15(2)13-17(12-14)25-19(22)5-4-10-21(3)26(23,24)18-8-6-16(20)7-9-18/h6-9,11-13H,4-5,10H2,1-3H3. The van der Waals surface area contributed by atoms with Crippen LogP contribution in [0.3, 0.4) is 0 Å². The Morgan fingerprint density at radius 3 is 2.23 bits per heavy atom. The molecule has 0 saturated carbocycles. The maximum atomic E-state index is 12.9. The SMILES string of the molecule is Cc1cc(C)cc(OC(=O)CCCN(C)S(=O)(=O)c2ccc(F)cc2)c1. The van der Waals surface area contributed by atoms with Crippen LogP contribution in [0.1, 0.15) is 24.0 Å². The van der Waals surface area contributed by atoms with Gasteiger partial charge in [-0.05, 0) is 67.8 Å². The molecule has 0 radical (unpaired) electrons. The van der Waals surface area contributed by atoms with E-state index in [0.29, 0.717) is 12.2 Å². The number of hydrogen-bond acceptors (Lipinski definition) is 4. The normalized spacial score (nSPS) is 11.6. The van der Waals surface area contributed by atoms with Crippen molar-refractivity contribution >= 4 is 16.0 Å². The highest BCUT2D eigenvalue weighted by molar-refractivity contribution is 7.89. The number of carbonyl (C=O) groups excluding carboxylic acids is 1. The zero-order valence-electron chi connectivity index (χ0n) is 15.0. The molecule has 0 bridgehead atoms. The lowest BCUT2D eigenvalue weighted by molar-refractivity contribution is -0.134. The Bertz CT molecular complexity index is 859. The van der Waals surface area contributed by atoms with Crippen molar-refractivity contribution in [2.24, 2.45) is 0 Å². The first kappa shape index (κ1) is 20.1. The second-order valence-corrected chi connectivity index (χ2v) is 8.23. The topological polar surface area (TPSA) is 63.7 Å². The Labute approximate surface area is 153 Å². The highest BCUT2D eigenvalue weighted by atomic mass is 32.2. The van der Waals surface area contributed by atoms with Crippen LogP contribution in [0.2, 0.25) is 0 Å². The second-order valence-electron chi connectivity index (χ2n) is 6.18. The highest BCUT2D eigenvalue weighted by Crippen LogP contribution is 2.18. The van der Waals surface area contributed by atoms with Gasteiger partial charge in [0.25, 0.3) is 0 Å². The van der Waals surface area contributed by atoms with Crippen molar-refractivity contribution in [1.29, 1.82) is 0 Å². The van der Waals surface area contributed by atoms with Crippen LogP contribution in [0.4, 0.5) is 4.39 Å². The van der Waals surface area contributed by atoms with Gasteiger partial charge in [0.1, 0.15) is 11.6 Å². The molecule has 2 aromatic rings. The molecule has 0 heterocycles. The van der Waals surface area contributed by atoms with E-state index in [9.17, 15) is 17.6 Å². The summed E-state index contributed by atoms with van der Waals surface area (Å²) in [4.78, 5) is 12.0. The number of rotatable bonds is 7. The molecule has 0 aliphatic carbocycles. The lowest BCUT2D eigenvalue weighted by Crippen LogP contribution is -2.28. The number of aryl methyl sites for hydroxylation is 2. The molecule has 0 unspecified atom stereocenters. The van der Waals surface area contributed by atoms with Crippen LogP contribution in [-0.4, -0.2) is 32.3 Å². The van der Waals surface area contributed by atoms with Gasteiger partial charge in [-0.2, -0.15) is 0 Å². The fraction of sp³-hybridized carbons (Fsp3) is 0.316. The summed E-state index contributed by atoms with van der Waals surface area (Å²) in [6.07, 6.45) is 0.414. The number of ether oxygens (including phenoxy) is 1. The highest BCUT2D eigenvalue weighted by Gasteiger charge is 2.20. The van der Waals surface area contributed by atoms with Gasteiger partial charge in [-0.25, -0.2) is 17.1 Å². The van der Waals surface area contributed by atoms with E-state index >= 15 is 0 Å². The van der Waals surface area contributed by atoms with Crippen molar-refractivity contribution in [3.63, 3.8) is 0 Å². The van der Waals surface area contributed by atoms with Crippen LogP contribution < -0.4 is 4.74 Å². The Balaban J connectivity index is 1.88. The first-order valence-corrected chi connectivity index (χ1v) is 9.63. The Hall–Kier alpha value is -2.25. The van der Waals surface area contributed by atoms with Crippen LogP contribution in [0, 0.1) is 19.7 Å². The van der Waals surface area contributed by atoms with Crippen LogP contribution >= 0.6 is 0 Å². The number of carbonyl (C=O) groups is 1. The quantitative estimate of drug-likeness (QED) is 0.546. The van der Waals surface area contributed by atoms with Gasteiger partial charge in [0.05, 0.1) is 4.90 Å². The molecule has 0 spiro atoms. The average molecular weight is 379 g/mol. The molecule has 0 amide bonds. The van der Waals surface area contributed by atoms with Crippen LogP contribution in [0.25, 0.3) is 0 Å². The zero-order valence-corrected chi connectivity index (χ0v) is 15.8. The van der Waals surface area contributed by atoms with E-state index in [1.165, 1.54) is 19.2 Å². The van der Waals surface area contributed by atoms with Crippen molar-refractivity contribution < 1.29 is 22.3 Å². The third kappa shape index (κ3) is 5.37. The summed E-state index contributed by atoms with van der Waals surface area (Å²) in [5.41, 5.74) is 2.00. The maximum Gasteiger partial charge on any atom is 0.311 e. The van der Waals surface area contributed by atoms with Gasteiger partial charge in [0, 0.05) is 20.0 Å². The fourth-order valence-electron chi connectivity index (χ4n) is 2.53. The summed E-state index contributed by atoms with van der Waals surface area (Å²) in [7, 11) is -2.28. The first-order chi connectivity index (χ1) is 12.2. The number of benzene rings is 2. The number of hydrogen-bond donors (Lipinski definition) is 0. The van der Waals surface area contributed by atoms with E-state index in [2.05, 4.69) is 0 Å². The second kappa shape index (κ2) is 8.42. The van der Waals surface area contributed by atoms with Crippen molar-refractivity contribution in [3.05, 3.63) is 59.4 Å². The monoisotopic (exact) mass is 379 g/mol. The molecule has 2 rings (SSSR count). The van der Waals surface area contributed by atoms with E-state index in [0.717, 1.165) is 27.6 Å². The van der Waals surface area contributed by atoms with Gasteiger partial charge in [-0.3, -0.25) is 4.79 Å². The lowest BCUT2D eigenvalue weighted by Gasteiger charge is -2.17. The molecule has 0 saturated heterocycles. The van der Waals surface area contributed by atoms with Gasteiger partial charge in [0.15, 0.2) is 0 Å². The molecule has 0 aliphatic heterocycles. The van der Waals surface area contributed by atoms with Crippen LogP contribution in [0.15, 0.2) is 47.4 Å².